The number of likely N-dealkylation sites (N-methyl/N-ethyl adjacent to an activating group) is 1. The first-order valence-electron chi connectivity index (χ1n) is 6.40. The van der Waals surface area contributed by atoms with Crippen molar-refractivity contribution in [2.75, 3.05) is 7.05 Å². The normalized spacial score (nSPS) is 18.8. The molecule has 0 aromatic rings. The minimum absolute atomic E-state index is 0.159. The zero-order valence-corrected chi connectivity index (χ0v) is 12.5. The Labute approximate surface area is 109 Å². The highest BCUT2D eigenvalue weighted by molar-refractivity contribution is 6.35. The fourth-order valence-corrected chi connectivity index (χ4v) is 1.12. The quantitative estimate of drug-likeness (QED) is 0.570. The van der Waals surface area contributed by atoms with Crippen LogP contribution in [0.5, 0.6) is 0 Å². The molecule has 17 heavy (non-hydrogen) atoms. The van der Waals surface area contributed by atoms with Gasteiger partial charge >= 0.3 is 0 Å². The smallest absolute Gasteiger partial charge is 0.223 e. The molecule has 0 aromatic carbocycles. The van der Waals surface area contributed by atoms with E-state index >= 15 is 0 Å². The van der Waals surface area contributed by atoms with E-state index in [4.69, 9.17) is 12.3 Å². The average Bonchev–Trinajstić information content (AvgIpc) is 2.35. The number of rotatable bonds is 5. The Hall–Kier alpha value is -0.525. The molecule has 0 bridgehead atoms. The lowest BCUT2D eigenvalue weighted by Gasteiger charge is -2.16. The van der Waals surface area contributed by atoms with Crippen LogP contribution in [0.15, 0.2) is 0 Å². The maximum absolute atomic E-state index is 6.82. The third kappa shape index (κ3) is 9.20. The van der Waals surface area contributed by atoms with E-state index in [1.54, 1.807) is 0 Å². The van der Waals surface area contributed by atoms with Gasteiger partial charge in [-0.1, -0.05) is 26.5 Å². The monoisotopic (exact) mass is 238 g/mol. The van der Waals surface area contributed by atoms with Crippen LogP contribution in [0.3, 0.4) is 0 Å². The summed E-state index contributed by atoms with van der Waals surface area (Å²) in [5, 5.41) is 3.04. The Morgan fingerprint density at radius 2 is 1.65 bits per heavy atom. The van der Waals surface area contributed by atoms with Gasteiger partial charge in [0.25, 0.3) is 0 Å². The Kier molecular flexibility index (Phi) is 11.8. The van der Waals surface area contributed by atoms with Crippen LogP contribution in [-0.4, -0.2) is 32.5 Å². The van der Waals surface area contributed by atoms with Gasteiger partial charge in [0.05, 0.1) is 0 Å². The van der Waals surface area contributed by atoms with E-state index in [1.165, 1.54) is 0 Å². The van der Waals surface area contributed by atoms with Crippen LogP contribution < -0.4 is 11.1 Å². The summed E-state index contributed by atoms with van der Waals surface area (Å²) < 4.78 is 0. The van der Waals surface area contributed by atoms with Gasteiger partial charge in [0.2, 0.25) is 6.04 Å². The Bertz CT molecular complexity index is 213. The van der Waals surface area contributed by atoms with Gasteiger partial charge in [-0.15, -0.1) is 0 Å². The first-order chi connectivity index (χ1) is 7.81. The van der Waals surface area contributed by atoms with E-state index in [2.05, 4.69) is 45.0 Å². The molecule has 0 rings (SSSR count). The van der Waals surface area contributed by atoms with Crippen molar-refractivity contribution < 1.29 is 0 Å². The summed E-state index contributed by atoms with van der Waals surface area (Å²) >= 11 is 0. The number of hydrogen-bond acceptors (Lipinski definition) is 2. The predicted octanol–water partition coefficient (Wildman–Crippen LogP) is 2.43. The molecule has 1 radical (unpaired) electrons. The van der Waals surface area contributed by atoms with E-state index in [1.807, 2.05) is 20.9 Å². The van der Waals surface area contributed by atoms with Gasteiger partial charge in [-0.25, -0.2) is 6.57 Å². The lowest BCUT2D eigenvalue weighted by Crippen LogP contribution is -2.38. The molecule has 4 heteroatoms. The summed E-state index contributed by atoms with van der Waals surface area (Å²) in [6.45, 7) is 19.2. The van der Waals surface area contributed by atoms with Crippen LogP contribution in [0.4, 0.5) is 0 Å². The number of nitrogens with one attached hydrogen (secondary N) is 1. The van der Waals surface area contributed by atoms with E-state index in [-0.39, 0.29) is 12.1 Å². The fourth-order valence-electron chi connectivity index (χ4n) is 1.12. The summed E-state index contributed by atoms with van der Waals surface area (Å²) in [5.74, 6) is 1.05. The summed E-state index contributed by atoms with van der Waals surface area (Å²) in [6.07, 6.45) is 0. The number of nitrogens with two attached hydrogens (primary N) is 1. The van der Waals surface area contributed by atoms with E-state index < -0.39 is 0 Å². The molecule has 5 atom stereocenters. The highest BCUT2D eigenvalue weighted by Gasteiger charge is 2.21. The second-order valence-electron chi connectivity index (χ2n) is 4.86. The third-order valence-corrected chi connectivity index (χ3v) is 3.56. The van der Waals surface area contributed by atoms with Gasteiger partial charge < -0.3 is 15.9 Å². The van der Waals surface area contributed by atoms with Crippen LogP contribution in [0.1, 0.15) is 34.6 Å². The Morgan fingerprint density at radius 1 is 1.18 bits per heavy atom. The predicted molar refractivity (Wildman–Crippen MR) is 78.4 cm³/mol. The van der Waals surface area contributed by atoms with Crippen molar-refractivity contribution in [3.05, 3.63) is 11.4 Å². The first-order valence-corrected chi connectivity index (χ1v) is 6.40. The number of hydrogen-bond donors (Lipinski definition) is 2. The van der Waals surface area contributed by atoms with Crippen LogP contribution in [0, 0.1) is 12.5 Å². The van der Waals surface area contributed by atoms with Crippen LogP contribution in [0.25, 0.3) is 4.85 Å². The average molecular weight is 238 g/mol. The molecule has 0 aliphatic rings. The molecule has 0 heterocycles. The highest BCUT2D eigenvalue weighted by Crippen LogP contribution is 2.21. The molecule has 99 valence electrons. The van der Waals surface area contributed by atoms with Crippen molar-refractivity contribution in [1.82, 2.24) is 5.32 Å². The molecule has 0 saturated carbocycles. The summed E-state index contributed by atoms with van der Waals surface area (Å²) in [5.41, 5.74) is 5.48. The molecule has 0 spiro atoms. The third-order valence-electron chi connectivity index (χ3n) is 3.56. The Balaban J connectivity index is 0. The zero-order chi connectivity index (χ0) is 14.0. The molecule has 0 amide bonds. The topological polar surface area (TPSA) is 42.4 Å². The minimum Gasteiger partial charge on any atom is -0.327 e. The maximum Gasteiger partial charge on any atom is 0.223 e. The highest BCUT2D eigenvalue weighted by atomic mass is 14.9. The second kappa shape index (κ2) is 10.6. The molecule has 5 unspecified atom stereocenters. The van der Waals surface area contributed by atoms with Crippen LogP contribution >= 0.6 is 0 Å². The van der Waals surface area contributed by atoms with Crippen molar-refractivity contribution in [3.63, 3.8) is 0 Å². The molecular weight excluding hydrogens is 209 g/mol. The van der Waals surface area contributed by atoms with Gasteiger partial charge in [0, 0.05) is 24.9 Å². The van der Waals surface area contributed by atoms with Crippen molar-refractivity contribution in [2.45, 2.75) is 65.4 Å². The summed E-state index contributed by atoms with van der Waals surface area (Å²) in [4.78, 5) is 3.49. The maximum atomic E-state index is 6.82. The van der Waals surface area contributed by atoms with Gasteiger partial charge in [0.1, 0.15) is 7.28 Å². The molecule has 3 nitrogen and oxygen atoms in total. The minimum atomic E-state index is 0.159. The largest absolute Gasteiger partial charge is 0.327 e. The second-order valence-corrected chi connectivity index (χ2v) is 4.86. The molecule has 0 fully saturated rings. The lowest BCUT2D eigenvalue weighted by atomic mass is 9.61. The van der Waals surface area contributed by atoms with Crippen LogP contribution in [0.2, 0.25) is 12.6 Å². The van der Waals surface area contributed by atoms with Crippen molar-refractivity contribution >= 4 is 7.28 Å². The molecule has 0 saturated heterocycles. The standard InChI is InChI=1S/C8H15BN.C5H14N2/c1-6(7(2)9-4)8(3)10-5;1-4(6)5(2)7-3/h6-8H,1-4H3;4-5,7H,6H2,1-3H3. The fraction of sp³-hybridized carbons (Fsp3) is 0.923. The Morgan fingerprint density at radius 3 is 1.82 bits per heavy atom. The SMILES string of the molecule is CNC(C)C(C)N.[C-]#[N+]C(C)C(C)C(C)[B]C. The molecule has 0 aliphatic carbocycles. The summed E-state index contributed by atoms with van der Waals surface area (Å²) in [6, 6.07) is 0.844. The van der Waals surface area contributed by atoms with Gasteiger partial charge in [-0.05, 0) is 20.9 Å². The van der Waals surface area contributed by atoms with Gasteiger partial charge in [-0.2, -0.15) is 0 Å². The van der Waals surface area contributed by atoms with Gasteiger partial charge in [-0.3, -0.25) is 0 Å². The van der Waals surface area contributed by atoms with E-state index in [0.717, 1.165) is 0 Å². The summed E-state index contributed by atoms with van der Waals surface area (Å²) in [7, 11) is 4.07. The van der Waals surface area contributed by atoms with E-state index in [0.29, 0.717) is 17.8 Å². The molecular formula is C13H29BN3. The number of nitrogens with zero attached hydrogens (tertiary/aromatic N) is 1. The van der Waals surface area contributed by atoms with Crippen molar-refractivity contribution in [3.8, 4) is 0 Å². The first kappa shape index (κ1) is 18.8. The molecule has 3 N–H and O–H groups in total. The van der Waals surface area contributed by atoms with E-state index in [9.17, 15) is 0 Å². The lowest BCUT2D eigenvalue weighted by molar-refractivity contribution is 0.512. The molecule has 0 aromatic heterocycles. The van der Waals surface area contributed by atoms with Crippen LogP contribution in [-0.2, 0) is 0 Å². The molecule has 0 aliphatic heterocycles. The van der Waals surface area contributed by atoms with Crippen molar-refractivity contribution in [2.24, 2.45) is 11.7 Å². The zero-order valence-electron chi connectivity index (χ0n) is 12.5. The van der Waals surface area contributed by atoms with Gasteiger partial charge in [0.15, 0.2) is 0 Å². The van der Waals surface area contributed by atoms with Crippen molar-refractivity contribution in [1.29, 1.82) is 0 Å².